The highest BCUT2D eigenvalue weighted by Gasteiger charge is 2.21. The monoisotopic (exact) mass is 461 g/mol. The number of H-pyrrole nitrogens is 1. The van der Waals surface area contributed by atoms with Crippen LogP contribution in [0.4, 0.5) is 5.69 Å². The molecule has 0 atom stereocenters. The Labute approximate surface area is 169 Å². The van der Waals surface area contributed by atoms with E-state index in [4.69, 9.17) is 10.5 Å². The van der Waals surface area contributed by atoms with Gasteiger partial charge in [-0.3, -0.25) is 19.7 Å². The van der Waals surface area contributed by atoms with E-state index in [-0.39, 0.29) is 16.7 Å². The number of fused-ring (bicyclic) bond motifs is 1. The first kappa shape index (κ1) is 19.9. The molecule has 0 saturated heterocycles. The molecule has 0 aliphatic rings. The number of nitrogens with two attached hydrogens (primary N) is 1. The van der Waals surface area contributed by atoms with Crippen LogP contribution in [0.5, 0.6) is 5.75 Å². The van der Waals surface area contributed by atoms with Crippen LogP contribution in [0.15, 0.2) is 55.6 Å². The number of aromatic amines is 1. The zero-order valence-electron chi connectivity index (χ0n) is 14.5. The van der Waals surface area contributed by atoms with Gasteiger partial charge in [0.1, 0.15) is 0 Å². The molecule has 29 heavy (non-hydrogen) atoms. The van der Waals surface area contributed by atoms with Gasteiger partial charge in [0, 0.05) is 16.1 Å². The van der Waals surface area contributed by atoms with Gasteiger partial charge in [0.15, 0.2) is 6.61 Å². The fourth-order valence-corrected chi connectivity index (χ4v) is 2.97. The second kappa shape index (κ2) is 8.06. The minimum atomic E-state index is -0.840. The summed E-state index contributed by atoms with van der Waals surface area (Å²) < 4.78 is 6.06. The van der Waals surface area contributed by atoms with Gasteiger partial charge in [0.2, 0.25) is 5.75 Å². The highest BCUT2D eigenvalue weighted by atomic mass is 79.9. The van der Waals surface area contributed by atoms with Crippen molar-refractivity contribution in [1.82, 2.24) is 9.66 Å². The van der Waals surface area contributed by atoms with Gasteiger partial charge < -0.3 is 15.5 Å². The predicted octanol–water partition coefficient (Wildman–Crippen LogP) is 1.11. The van der Waals surface area contributed by atoms with Crippen LogP contribution in [0, 0.1) is 10.1 Å². The van der Waals surface area contributed by atoms with Gasteiger partial charge in [-0.25, -0.2) is 4.79 Å². The number of aromatic nitrogens is 2. The normalized spacial score (nSPS) is 11.1. The topological polar surface area (TPSA) is 163 Å². The number of primary amides is 1. The lowest BCUT2D eigenvalue weighted by molar-refractivity contribution is -0.385. The van der Waals surface area contributed by atoms with Crippen LogP contribution in [-0.4, -0.2) is 33.3 Å². The summed E-state index contributed by atoms with van der Waals surface area (Å²) in [5, 5.41) is 15.4. The van der Waals surface area contributed by atoms with E-state index < -0.39 is 34.4 Å². The van der Waals surface area contributed by atoms with Gasteiger partial charge >= 0.3 is 11.4 Å². The Kier molecular flexibility index (Phi) is 5.54. The molecule has 0 spiro atoms. The fourth-order valence-electron chi connectivity index (χ4n) is 2.51. The first-order chi connectivity index (χ1) is 13.8. The number of nitro benzene ring substituents is 1. The molecule has 11 nitrogen and oxygen atoms in total. The number of nitro groups is 1. The molecule has 148 valence electrons. The van der Waals surface area contributed by atoms with Gasteiger partial charge in [0.25, 0.3) is 11.5 Å². The van der Waals surface area contributed by atoms with Crippen LogP contribution in [0.2, 0.25) is 0 Å². The predicted molar refractivity (Wildman–Crippen MR) is 107 cm³/mol. The first-order valence-electron chi connectivity index (χ1n) is 7.95. The third-order valence-electron chi connectivity index (χ3n) is 3.71. The Hall–Kier alpha value is -3.80. The van der Waals surface area contributed by atoms with E-state index in [9.17, 15) is 24.5 Å². The number of carbonyl (C=O) groups is 1. The Morgan fingerprint density at radius 2 is 2.07 bits per heavy atom. The van der Waals surface area contributed by atoms with Crippen molar-refractivity contribution in [3.05, 3.63) is 77.4 Å². The standard InChI is InChI=1S/C17H12BrN5O6/c18-10-5-9(15(29-8-14(19)24)13(6-10)23(27)28)7-20-22-16(25)11-3-1-2-4-12(11)21-17(22)26/h1-7H,8H2,(H2,19,24)(H,21,26). The highest BCUT2D eigenvalue weighted by molar-refractivity contribution is 9.10. The maximum atomic E-state index is 12.5. The molecule has 0 radical (unpaired) electrons. The maximum Gasteiger partial charge on any atom is 0.349 e. The molecular formula is C17H12BrN5O6. The summed E-state index contributed by atoms with van der Waals surface area (Å²) in [7, 11) is 0. The Balaban J connectivity index is 2.15. The van der Waals surface area contributed by atoms with Crippen molar-refractivity contribution in [2.75, 3.05) is 6.61 Å². The molecule has 0 aliphatic carbocycles. The van der Waals surface area contributed by atoms with Crippen molar-refractivity contribution in [2.45, 2.75) is 0 Å². The van der Waals surface area contributed by atoms with Crippen molar-refractivity contribution in [3.8, 4) is 5.75 Å². The molecule has 0 unspecified atom stereocenters. The number of hydrogen-bond donors (Lipinski definition) is 2. The number of nitrogens with one attached hydrogen (secondary N) is 1. The largest absolute Gasteiger partial charge is 0.476 e. The summed E-state index contributed by atoms with van der Waals surface area (Å²) in [6.07, 6.45) is 1.04. The summed E-state index contributed by atoms with van der Waals surface area (Å²) in [4.78, 5) is 48.9. The summed E-state index contributed by atoms with van der Waals surface area (Å²) in [5.74, 6) is -1.13. The van der Waals surface area contributed by atoms with Gasteiger partial charge in [0.05, 0.1) is 22.0 Å². The number of carbonyl (C=O) groups excluding carboxylic acids is 1. The number of ether oxygens (including phenoxy) is 1. The van der Waals surface area contributed by atoms with E-state index in [0.29, 0.717) is 14.7 Å². The third kappa shape index (κ3) is 4.21. The van der Waals surface area contributed by atoms with Crippen molar-refractivity contribution >= 4 is 44.6 Å². The van der Waals surface area contributed by atoms with Crippen LogP contribution in [-0.2, 0) is 4.79 Å². The lowest BCUT2D eigenvalue weighted by atomic mass is 10.2. The number of amides is 1. The summed E-state index contributed by atoms with van der Waals surface area (Å²) >= 11 is 3.13. The molecule has 12 heteroatoms. The molecule has 3 N–H and O–H groups in total. The second-order valence-corrected chi connectivity index (χ2v) is 6.61. The molecule has 0 fully saturated rings. The molecule has 0 bridgehead atoms. The number of para-hydroxylation sites is 1. The molecule has 2 aromatic carbocycles. The van der Waals surface area contributed by atoms with Crippen molar-refractivity contribution in [2.24, 2.45) is 10.8 Å². The number of benzene rings is 2. The summed E-state index contributed by atoms with van der Waals surface area (Å²) in [6, 6.07) is 8.96. The lowest BCUT2D eigenvalue weighted by Crippen LogP contribution is -2.32. The van der Waals surface area contributed by atoms with E-state index in [1.807, 2.05) is 0 Å². The average molecular weight is 462 g/mol. The van der Waals surface area contributed by atoms with Gasteiger partial charge in [-0.1, -0.05) is 28.1 Å². The second-order valence-electron chi connectivity index (χ2n) is 5.69. The van der Waals surface area contributed by atoms with E-state index in [1.54, 1.807) is 18.2 Å². The summed E-state index contributed by atoms with van der Waals surface area (Å²) in [5.41, 5.74) is 3.50. The van der Waals surface area contributed by atoms with Gasteiger partial charge in [-0.15, -0.1) is 4.68 Å². The first-order valence-corrected chi connectivity index (χ1v) is 8.74. The molecule has 1 aromatic heterocycles. The van der Waals surface area contributed by atoms with E-state index in [1.165, 1.54) is 18.2 Å². The van der Waals surface area contributed by atoms with Crippen molar-refractivity contribution in [3.63, 3.8) is 0 Å². The molecule has 0 aliphatic heterocycles. The zero-order valence-corrected chi connectivity index (χ0v) is 16.1. The fraction of sp³-hybridized carbons (Fsp3) is 0.0588. The smallest absolute Gasteiger partial charge is 0.349 e. The third-order valence-corrected chi connectivity index (χ3v) is 4.17. The molecule has 3 rings (SSSR count). The van der Waals surface area contributed by atoms with E-state index >= 15 is 0 Å². The Morgan fingerprint density at radius 3 is 2.76 bits per heavy atom. The van der Waals surface area contributed by atoms with Crippen LogP contribution >= 0.6 is 15.9 Å². The van der Waals surface area contributed by atoms with Gasteiger partial charge in [-0.2, -0.15) is 5.10 Å². The quantitative estimate of drug-likeness (QED) is 0.317. The SMILES string of the molecule is NC(=O)COc1c(C=Nn2c(=O)[nH]c3ccccc3c2=O)cc(Br)cc1[N+](=O)[O-]. The molecule has 1 amide bonds. The van der Waals surface area contributed by atoms with Crippen molar-refractivity contribution < 1.29 is 14.5 Å². The minimum Gasteiger partial charge on any atom is -0.476 e. The average Bonchev–Trinajstić information content (AvgIpc) is 2.66. The Bertz CT molecular complexity index is 1280. The number of hydrogen-bond acceptors (Lipinski definition) is 7. The lowest BCUT2D eigenvalue weighted by Gasteiger charge is -2.09. The maximum absolute atomic E-state index is 12.5. The molecule has 0 saturated carbocycles. The summed E-state index contributed by atoms with van der Waals surface area (Å²) in [6.45, 7) is -0.611. The number of rotatable bonds is 6. The molecule has 1 heterocycles. The van der Waals surface area contributed by atoms with Crippen LogP contribution in [0.25, 0.3) is 10.9 Å². The highest BCUT2D eigenvalue weighted by Crippen LogP contribution is 2.33. The van der Waals surface area contributed by atoms with Crippen LogP contribution in [0.3, 0.4) is 0 Å². The van der Waals surface area contributed by atoms with Crippen LogP contribution in [0.1, 0.15) is 5.56 Å². The zero-order chi connectivity index (χ0) is 21.1. The van der Waals surface area contributed by atoms with E-state index in [2.05, 4.69) is 26.0 Å². The van der Waals surface area contributed by atoms with Crippen LogP contribution < -0.4 is 21.7 Å². The Morgan fingerprint density at radius 1 is 1.34 bits per heavy atom. The molecular weight excluding hydrogens is 450 g/mol. The van der Waals surface area contributed by atoms with E-state index in [0.717, 1.165) is 6.21 Å². The van der Waals surface area contributed by atoms with Gasteiger partial charge in [-0.05, 0) is 18.2 Å². The minimum absolute atomic E-state index is 0.0479. The number of nitrogens with zero attached hydrogens (tertiary/aromatic N) is 3. The molecule has 3 aromatic rings. The van der Waals surface area contributed by atoms with Crippen molar-refractivity contribution in [1.29, 1.82) is 0 Å². The number of halogens is 1.